The molecule has 0 bridgehead atoms. The lowest BCUT2D eigenvalue weighted by molar-refractivity contribution is -0.119. The number of nitrogens with zero attached hydrogens (tertiary/aromatic N) is 1. The van der Waals surface area contributed by atoms with Gasteiger partial charge in [0.25, 0.3) is 5.91 Å². The monoisotopic (exact) mass is 380 g/mol. The van der Waals surface area contributed by atoms with Gasteiger partial charge in [0.15, 0.2) is 6.61 Å². The number of amides is 1. The number of thioether (sulfide) groups is 1. The van der Waals surface area contributed by atoms with Crippen molar-refractivity contribution in [2.45, 2.75) is 18.7 Å². The second kappa shape index (κ2) is 7.98. The largest absolute Gasteiger partial charge is 0.450 e. The lowest BCUT2D eigenvalue weighted by atomic mass is 10.1. The molecule has 0 unspecified atom stereocenters. The van der Waals surface area contributed by atoms with Crippen LogP contribution in [-0.2, 0) is 9.53 Å². The van der Waals surface area contributed by atoms with E-state index in [4.69, 9.17) is 14.4 Å². The molecule has 27 heavy (non-hydrogen) atoms. The highest BCUT2D eigenvalue weighted by molar-refractivity contribution is 8.03. The lowest BCUT2D eigenvalue weighted by Crippen LogP contribution is -2.21. The number of benzene rings is 2. The number of nitriles is 1. The molecule has 0 saturated carbocycles. The molecule has 1 heterocycles. The normalized spacial score (nSPS) is 10.4. The molecule has 0 spiro atoms. The van der Waals surface area contributed by atoms with E-state index < -0.39 is 18.5 Å². The number of esters is 1. The maximum absolute atomic E-state index is 12.2. The fourth-order valence-corrected chi connectivity index (χ4v) is 3.27. The Bertz CT molecular complexity index is 1010. The summed E-state index contributed by atoms with van der Waals surface area (Å²) in [5.74, 6) is -1.10. The highest BCUT2D eigenvalue weighted by Gasteiger charge is 2.16. The standard InChI is InChI=1S/C20H16N2O4S/c1-12-7-15(27-11-21)8-13(2)19(12)22-18(23)10-25-20(24)17-9-14-5-3-4-6-16(14)26-17/h3-9H,10H2,1-2H3,(H,22,23). The van der Waals surface area contributed by atoms with E-state index in [1.807, 2.05) is 43.5 Å². The average molecular weight is 380 g/mol. The minimum atomic E-state index is -0.699. The van der Waals surface area contributed by atoms with Crippen LogP contribution in [0.2, 0.25) is 0 Å². The molecule has 6 nitrogen and oxygen atoms in total. The first kappa shape index (κ1) is 18.5. The Balaban J connectivity index is 1.63. The van der Waals surface area contributed by atoms with Crippen LogP contribution in [0.4, 0.5) is 5.69 Å². The van der Waals surface area contributed by atoms with E-state index in [1.54, 1.807) is 18.2 Å². The topological polar surface area (TPSA) is 92.3 Å². The zero-order valence-electron chi connectivity index (χ0n) is 14.7. The molecule has 1 N–H and O–H groups in total. The maximum atomic E-state index is 12.2. The number of aryl methyl sites for hydroxylation is 2. The van der Waals surface area contributed by atoms with Gasteiger partial charge in [0.05, 0.1) is 0 Å². The van der Waals surface area contributed by atoms with Crippen LogP contribution in [0, 0.1) is 24.5 Å². The average Bonchev–Trinajstić information content (AvgIpc) is 3.07. The summed E-state index contributed by atoms with van der Waals surface area (Å²) in [7, 11) is 0. The fourth-order valence-electron chi connectivity index (χ4n) is 2.69. The summed E-state index contributed by atoms with van der Waals surface area (Å²) in [6.07, 6.45) is 0. The van der Waals surface area contributed by atoms with Gasteiger partial charge in [-0.3, -0.25) is 4.79 Å². The number of furan rings is 1. The van der Waals surface area contributed by atoms with Crippen molar-refractivity contribution in [2.75, 3.05) is 11.9 Å². The highest BCUT2D eigenvalue weighted by Crippen LogP contribution is 2.27. The zero-order chi connectivity index (χ0) is 19.4. The summed E-state index contributed by atoms with van der Waals surface area (Å²) in [4.78, 5) is 25.1. The van der Waals surface area contributed by atoms with Gasteiger partial charge < -0.3 is 14.5 Å². The summed E-state index contributed by atoms with van der Waals surface area (Å²) < 4.78 is 10.5. The number of fused-ring (bicyclic) bond motifs is 1. The number of carbonyl (C=O) groups excluding carboxylic acids is 2. The Labute approximate surface area is 160 Å². The molecule has 0 aliphatic carbocycles. The van der Waals surface area contributed by atoms with Gasteiger partial charge in [-0.2, -0.15) is 5.26 Å². The van der Waals surface area contributed by atoms with Crippen LogP contribution in [0.5, 0.6) is 0 Å². The predicted molar refractivity (Wildman–Crippen MR) is 103 cm³/mol. The smallest absolute Gasteiger partial charge is 0.374 e. The molecule has 0 fully saturated rings. The van der Waals surface area contributed by atoms with E-state index in [2.05, 4.69) is 5.32 Å². The molecule has 1 amide bonds. The number of thiocyanates is 1. The maximum Gasteiger partial charge on any atom is 0.374 e. The summed E-state index contributed by atoms with van der Waals surface area (Å²) in [5, 5.41) is 14.3. The van der Waals surface area contributed by atoms with Crippen molar-refractivity contribution in [3.8, 4) is 5.40 Å². The minimum absolute atomic E-state index is 0.0502. The van der Waals surface area contributed by atoms with Crippen molar-refractivity contribution in [3.05, 3.63) is 59.4 Å². The molecule has 3 aromatic rings. The number of rotatable bonds is 5. The fraction of sp³-hybridized carbons (Fsp3) is 0.150. The Morgan fingerprint density at radius 3 is 2.56 bits per heavy atom. The highest BCUT2D eigenvalue weighted by atomic mass is 32.2. The number of ether oxygens (including phenoxy) is 1. The predicted octanol–water partition coefficient (Wildman–Crippen LogP) is 4.42. The minimum Gasteiger partial charge on any atom is -0.450 e. The van der Waals surface area contributed by atoms with Gasteiger partial charge in [-0.25, -0.2) is 4.79 Å². The van der Waals surface area contributed by atoms with Crippen LogP contribution in [0.15, 0.2) is 51.8 Å². The van der Waals surface area contributed by atoms with Crippen LogP contribution in [0.3, 0.4) is 0 Å². The number of carbonyl (C=O) groups is 2. The lowest BCUT2D eigenvalue weighted by Gasteiger charge is -2.12. The quantitative estimate of drug-likeness (QED) is 0.400. The van der Waals surface area contributed by atoms with Gasteiger partial charge in [-0.05, 0) is 61.0 Å². The summed E-state index contributed by atoms with van der Waals surface area (Å²) in [6, 6.07) is 12.4. The van der Waals surface area contributed by atoms with Crippen molar-refractivity contribution < 1.29 is 18.7 Å². The van der Waals surface area contributed by atoms with E-state index in [0.29, 0.717) is 11.3 Å². The molecule has 2 aromatic carbocycles. The zero-order valence-corrected chi connectivity index (χ0v) is 15.6. The first-order valence-electron chi connectivity index (χ1n) is 8.10. The molecule has 0 aliphatic rings. The van der Waals surface area contributed by atoms with Gasteiger partial charge in [-0.15, -0.1) is 0 Å². The molecule has 0 radical (unpaired) electrons. The van der Waals surface area contributed by atoms with Crippen molar-refractivity contribution in [2.24, 2.45) is 0 Å². The third-order valence-corrected chi connectivity index (χ3v) is 4.46. The second-order valence-corrected chi connectivity index (χ2v) is 6.76. The molecule has 3 rings (SSSR count). The first-order valence-corrected chi connectivity index (χ1v) is 8.92. The van der Waals surface area contributed by atoms with Crippen molar-refractivity contribution in [1.29, 1.82) is 5.26 Å². The third kappa shape index (κ3) is 4.30. The molecule has 0 saturated heterocycles. The Kier molecular flexibility index (Phi) is 5.48. The van der Waals surface area contributed by atoms with Gasteiger partial charge in [0.2, 0.25) is 5.76 Å². The molecule has 1 aromatic heterocycles. The van der Waals surface area contributed by atoms with Crippen LogP contribution in [-0.4, -0.2) is 18.5 Å². The van der Waals surface area contributed by atoms with E-state index in [0.717, 1.165) is 33.2 Å². The van der Waals surface area contributed by atoms with E-state index in [1.165, 1.54) is 0 Å². The molecule has 0 aliphatic heterocycles. The van der Waals surface area contributed by atoms with Crippen LogP contribution >= 0.6 is 11.8 Å². The van der Waals surface area contributed by atoms with Crippen LogP contribution in [0.1, 0.15) is 21.7 Å². The second-order valence-electron chi connectivity index (χ2n) is 5.90. The number of para-hydroxylation sites is 1. The van der Waals surface area contributed by atoms with Gasteiger partial charge >= 0.3 is 5.97 Å². The molecular weight excluding hydrogens is 364 g/mol. The molecular formula is C20H16N2O4S. The van der Waals surface area contributed by atoms with Gasteiger partial charge in [0.1, 0.15) is 11.0 Å². The molecule has 7 heteroatoms. The van der Waals surface area contributed by atoms with E-state index >= 15 is 0 Å². The Hall–Kier alpha value is -3.24. The summed E-state index contributed by atoms with van der Waals surface area (Å²) in [5.41, 5.74) is 2.87. The first-order chi connectivity index (χ1) is 13.0. The summed E-state index contributed by atoms with van der Waals surface area (Å²) >= 11 is 1.06. The SMILES string of the molecule is Cc1cc(SC#N)cc(C)c1NC(=O)COC(=O)c1cc2ccccc2o1. The van der Waals surface area contributed by atoms with Crippen molar-refractivity contribution in [3.63, 3.8) is 0 Å². The van der Waals surface area contributed by atoms with Crippen LogP contribution in [0.25, 0.3) is 11.0 Å². The van der Waals surface area contributed by atoms with Crippen molar-refractivity contribution in [1.82, 2.24) is 0 Å². The summed E-state index contributed by atoms with van der Waals surface area (Å²) in [6.45, 7) is 3.25. The number of hydrogen-bond acceptors (Lipinski definition) is 6. The number of nitrogens with one attached hydrogen (secondary N) is 1. The van der Waals surface area contributed by atoms with Crippen LogP contribution < -0.4 is 5.32 Å². The number of anilines is 1. The van der Waals surface area contributed by atoms with E-state index in [9.17, 15) is 9.59 Å². The third-order valence-electron chi connectivity index (χ3n) is 3.90. The van der Waals surface area contributed by atoms with E-state index in [-0.39, 0.29) is 5.76 Å². The van der Waals surface area contributed by atoms with Crippen molar-refractivity contribution >= 4 is 40.3 Å². The number of hydrogen-bond donors (Lipinski definition) is 1. The van der Waals surface area contributed by atoms with Gasteiger partial charge in [-0.1, -0.05) is 18.2 Å². The molecule has 0 atom stereocenters. The van der Waals surface area contributed by atoms with Gasteiger partial charge in [0, 0.05) is 16.0 Å². The Morgan fingerprint density at radius 2 is 1.89 bits per heavy atom. The Morgan fingerprint density at radius 1 is 1.19 bits per heavy atom. The molecule has 136 valence electrons.